The molecular formula is C25H50NO8P. The zero-order chi connectivity index (χ0) is 26.2. The number of hydrogen-bond acceptors (Lipinski definition) is 7. The maximum atomic E-state index is 11.8. The molecule has 0 amide bonds. The number of carboxylic acids is 1. The average Bonchev–Trinajstić information content (AvgIpc) is 2.82. The van der Waals surface area contributed by atoms with Crippen LogP contribution in [0.3, 0.4) is 0 Å². The molecule has 2 atom stereocenters. The van der Waals surface area contributed by atoms with Crippen LogP contribution in [-0.2, 0) is 27.9 Å². The van der Waals surface area contributed by atoms with E-state index in [1.807, 2.05) is 0 Å². The Morgan fingerprint density at radius 1 is 0.743 bits per heavy atom. The number of rotatable bonds is 26. The molecule has 10 heteroatoms. The number of carboxylic acid groups (broad SMARTS) is 1. The summed E-state index contributed by atoms with van der Waals surface area (Å²) in [5.41, 5.74) is 5.19. The van der Waals surface area contributed by atoms with E-state index in [0.717, 1.165) is 19.3 Å². The second-order valence-corrected chi connectivity index (χ2v) is 10.6. The van der Waals surface area contributed by atoms with Crippen molar-refractivity contribution >= 4 is 19.8 Å². The highest BCUT2D eigenvalue weighted by Gasteiger charge is 2.24. The number of unbranched alkanes of at least 4 members (excludes halogenated alkanes) is 15. The summed E-state index contributed by atoms with van der Waals surface area (Å²) in [7, 11) is -4.35. The molecule has 9 nitrogen and oxygen atoms in total. The number of phosphoric acid groups is 1. The van der Waals surface area contributed by atoms with Gasteiger partial charge in [-0.1, -0.05) is 96.8 Å². The molecule has 1 unspecified atom stereocenters. The maximum Gasteiger partial charge on any atom is 0.472 e. The predicted molar refractivity (Wildman–Crippen MR) is 137 cm³/mol. The molecule has 0 aromatic heterocycles. The van der Waals surface area contributed by atoms with Crippen molar-refractivity contribution in [3.05, 3.63) is 0 Å². The van der Waals surface area contributed by atoms with E-state index in [1.165, 1.54) is 77.0 Å². The quantitative estimate of drug-likeness (QED) is 0.0693. The van der Waals surface area contributed by atoms with Crippen LogP contribution in [0.25, 0.3) is 0 Å². The number of esters is 1. The lowest BCUT2D eigenvalue weighted by atomic mass is 10.0. The molecule has 4 N–H and O–H groups in total. The first-order valence-electron chi connectivity index (χ1n) is 13.5. The van der Waals surface area contributed by atoms with Gasteiger partial charge in [0.2, 0.25) is 0 Å². The van der Waals surface area contributed by atoms with Gasteiger partial charge in [-0.25, -0.2) is 4.57 Å². The molecule has 208 valence electrons. The lowest BCUT2D eigenvalue weighted by molar-refractivity contribution is -0.144. The van der Waals surface area contributed by atoms with Gasteiger partial charge in [0, 0.05) is 6.42 Å². The molecule has 0 aliphatic carbocycles. The van der Waals surface area contributed by atoms with Crippen LogP contribution in [0.2, 0.25) is 0 Å². The third-order valence-electron chi connectivity index (χ3n) is 5.78. The van der Waals surface area contributed by atoms with E-state index >= 15 is 0 Å². The van der Waals surface area contributed by atoms with E-state index < -0.39 is 26.4 Å². The van der Waals surface area contributed by atoms with Gasteiger partial charge in [0.1, 0.15) is 6.04 Å². The minimum absolute atomic E-state index is 0.0767. The van der Waals surface area contributed by atoms with Gasteiger partial charge in [-0.2, -0.15) is 0 Å². The Hall–Kier alpha value is -0.990. The molecule has 0 bridgehead atoms. The topological polar surface area (TPSA) is 145 Å². The van der Waals surface area contributed by atoms with Gasteiger partial charge in [-0.05, 0) is 19.3 Å². The van der Waals surface area contributed by atoms with E-state index in [0.29, 0.717) is 19.3 Å². The minimum atomic E-state index is -4.35. The number of ether oxygens (including phenoxy) is 1. The Morgan fingerprint density at radius 3 is 1.69 bits per heavy atom. The summed E-state index contributed by atoms with van der Waals surface area (Å²) in [6.07, 6.45) is 20.5. The van der Waals surface area contributed by atoms with Gasteiger partial charge in [-0.3, -0.25) is 18.6 Å². The third kappa shape index (κ3) is 24.5. The zero-order valence-corrected chi connectivity index (χ0v) is 22.7. The van der Waals surface area contributed by atoms with Crippen molar-refractivity contribution in [3.8, 4) is 0 Å². The van der Waals surface area contributed by atoms with Crippen molar-refractivity contribution < 1.29 is 37.9 Å². The Kier molecular flexibility index (Phi) is 22.7. The fourth-order valence-corrected chi connectivity index (χ4v) is 4.35. The molecule has 0 rings (SSSR count). The van der Waals surface area contributed by atoms with Crippen LogP contribution in [0.4, 0.5) is 0 Å². The van der Waals surface area contributed by atoms with Crippen LogP contribution in [-0.4, -0.2) is 47.8 Å². The Balaban J connectivity index is 3.39. The fourth-order valence-electron chi connectivity index (χ4n) is 3.57. The van der Waals surface area contributed by atoms with Crippen LogP contribution < -0.4 is 5.73 Å². The monoisotopic (exact) mass is 523 g/mol. The van der Waals surface area contributed by atoms with Gasteiger partial charge in [-0.15, -0.1) is 0 Å². The van der Waals surface area contributed by atoms with Crippen LogP contribution in [0.5, 0.6) is 0 Å². The van der Waals surface area contributed by atoms with Crippen molar-refractivity contribution in [2.24, 2.45) is 5.73 Å². The summed E-state index contributed by atoms with van der Waals surface area (Å²) in [6.45, 7) is 1.78. The lowest BCUT2D eigenvalue weighted by Crippen LogP contribution is -2.34. The first-order chi connectivity index (χ1) is 16.8. The van der Waals surface area contributed by atoms with Crippen molar-refractivity contribution in [1.29, 1.82) is 0 Å². The Bertz CT molecular complexity index is 576. The number of nitrogens with two attached hydrogens (primary N) is 1. The second kappa shape index (κ2) is 23.4. The van der Waals surface area contributed by atoms with E-state index in [1.54, 1.807) is 0 Å². The number of phosphoric ester groups is 1. The van der Waals surface area contributed by atoms with Crippen molar-refractivity contribution in [2.75, 3.05) is 19.8 Å². The number of carbonyl (C=O) groups is 2. The van der Waals surface area contributed by atoms with Crippen LogP contribution in [0, 0.1) is 0 Å². The molecule has 0 fully saturated rings. The summed E-state index contributed by atoms with van der Waals surface area (Å²) in [6, 6.07) is -1.40. The molecule has 0 aromatic rings. The van der Waals surface area contributed by atoms with Gasteiger partial charge < -0.3 is 20.5 Å². The SMILES string of the molecule is CCCCCCCCCCCCCCCCCC(=O)OCCCCOP(=O)(O)OC[C@H](N)C(=O)O. The van der Waals surface area contributed by atoms with E-state index in [4.69, 9.17) is 20.1 Å². The normalized spacial score (nSPS) is 13.9. The van der Waals surface area contributed by atoms with Crippen LogP contribution in [0.15, 0.2) is 0 Å². The molecule has 0 spiro atoms. The highest BCUT2D eigenvalue weighted by Crippen LogP contribution is 2.43. The number of hydrogen-bond donors (Lipinski definition) is 3. The molecule has 0 saturated carbocycles. The summed E-state index contributed by atoms with van der Waals surface area (Å²) in [5.74, 6) is -1.56. The number of aliphatic carboxylic acids is 1. The first kappa shape index (κ1) is 34.0. The van der Waals surface area contributed by atoms with Crippen molar-refractivity contribution in [1.82, 2.24) is 0 Å². The van der Waals surface area contributed by atoms with Crippen molar-refractivity contribution in [3.63, 3.8) is 0 Å². The molecule has 0 aliphatic rings. The Morgan fingerprint density at radius 2 is 1.20 bits per heavy atom. The van der Waals surface area contributed by atoms with Crippen molar-refractivity contribution in [2.45, 2.75) is 129 Å². The standard InChI is InChI=1S/C25H50NO8P/c1-2-3-4-5-6-7-8-9-10-11-12-13-14-15-16-19-24(27)32-20-17-18-21-33-35(30,31)34-22-23(26)25(28)29/h23H,2-22,26H2,1H3,(H,28,29)(H,30,31)/t23-/m0/s1. The van der Waals surface area contributed by atoms with E-state index in [-0.39, 0.29) is 19.2 Å². The smallest absolute Gasteiger partial charge is 0.472 e. The minimum Gasteiger partial charge on any atom is -0.480 e. The van der Waals surface area contributed by atoms with Gasteiger partial charge in [0.25, 0.3) is 0 Å². The predicted octanol–water partition coefficient (Wildman–Crippen LogP) is 6.12. The number of carbonyl (C=O) groups excluding carboxylic acids is 1. The molecule has 0 radical (unpaired) electrons. The lowest BCUT2D eigenvalue weighted by Gasteiger charge is -2.13. The summed E-state index contributed by atoms with van der Waals surface area (Å²) in [4.78, 5) is 31.7. The van der Waals surface area contributed by atoms with Crippen LogP contribution >= 0.6 is 7.82 Å². The third-order valence-corrected chi connectivity index (χ3v) is 6.76. The molecule has 0 heterocycles. The maximum absolute atomic E-state index is 11.8. The summed E-state index contributed by atoms with van der Waals surface area (Å²) >= 11 is 0. The molecule has 0 saturated heterocycles. The molecular weight excluding hydrogens is 473 g/mol. The van der Waals surface area contributed by atoms with Gasteiger partial charge in [0.05, 0.1) is 19.8 Å². The van der Waals surface area contributed by atoms with Crippen LogP contribution in [0.1, 0.15) is 122 Å². The molecule has 0 aromatic carbocycles. The fraction of sp³-hybridized carbons (Fsp3) is 0.920. The zero-order valence-electron chi connectivity index (χ0n) is 21.8. The van der Waals surface area contributed by atoms with E-state index in [9.17, 15) is 19.0 Å². The van der Waals surface area contributed by atoms with Gasteiger partial charge >= 0.3 is 19.8 Å². The highest BCUT2D eigenvalue weighted by molar-refractivity contribution is 7.47. The summed E-state index contributed by atoms with van der Waals surface area (Å²) in [5, 5.41) is 8.60. The summed E-state index contributed by atoms with van der Waals surface area (Å²) < 4.78 is 26.0. The second-order valence-electron chi connectivity index (χ2n) is 9.17. The highest BCUT2D eigenvalue weighted by atomic mass is 31.2. The Labute approximate surface area is 212 Å². The first-order valence-corrected chi connectivity index (χ1v) is 15.0. The van der Waals surface area contributed by atoms with E-state index in [2.05, 4.69) is 11.4 Å². The molecule has 0 aliphatic heterocycles. The largest absolute Gasteiger partial charge is 0.480 e. The average molecular weight is 524 g/mol. The molecule has 35 heavy (non-hydrogen) atoms. The van der Waals surface area contributed by atoms with Gasteiger partial charge in [0.15, 0.2) is 0 Å².